The summed E-state index contributed by atoms with van der Waals surface area (Å²) in [6.45, 7) is 0.803. The Hall–Kier alpha value is -3.74. The Kier molecular flexibility index (Phi) is 9.35. The number of hydrogen-bond acceptors (Lipinski definition) is 6. The Morgan fingerprint density at radius 3 is 2.41 bits per heavy atom. The number of nitrogens with one attached hydrogen (secondary N) is 1. The van der Waals surface area contributed by atoms with Crippen LogP contribution in [0.3, 0.4) is 0 Å². The van der Waals surface area contributed by atoms with Crippen molar-refractivity contribution in [1.29, 1.82) is 5.26 Å². The topological polar surface area (TPSA) is 120 Å². The summed E-state index contributed by atoms with van der Waals surface area (Å²) in [5.41, 5.74) is 1.07. The molecule has 0 bridgehead atoms. The summed E-state index contributed by atoms with van der Waals surface area (Å²) >= 11 is 1.26. The lowest BCUT2D eigenvalue weighted by atomic mass is 10.1. The standard InChI is InChI=1S/C19H17FN2OS.C4H4O4/c1-22-10-9-17(13-5-3-2-4-6-13)23-18-8-7-16(20)15-11-14(12-21)24-19(15)18;5-3(6)1-2-4(7)8/h2-8,11,17,22H,9-10H2,1H3;1-2H,(H,5,6)(H,7,8)/b;2-1+/t17-;/m1./s1. The van der Waals surface area contributed by atoms with E-state index in [1.165, 1.54) is 17.4 Å². The van der Waals surface area contributed by atoms with Crippen LogP contribution in [0.1, 0.15) is 23.0 Å². The third-order valence-electron chi connectivity index (χ3n) is 4.17. The molecule has 0 saturated heterocycles. The number of carboxylic acid groups (broad SMARTS) is 2. The zero-order valence-corrected chi connectivity index (χ0v) is 17.9. The molecule has 0 unspecified atom stereocenters. The Morgan fingerprint density at radius 2 is 1.84 bits per heavy atom. The average Bonchev–Trinajstić information content (AvgIpc) is 3.23. The molecule has 1 heterocycles. The van der Waals surface area contributed by atoms with Gasteiger partial charge in [0.05, 0.1) is 4.70 Å². The molecule has 3 aromatic rings. The molecule has 0 amide bonds. The molecule has 2 aromatic carbocycles. The molecule has 7 nitrogen and oxygen atoms in total. The van der Waals surface area contributed by atoms with Gasteiger partial charge in [-0.05, 0) is 37.4 Å². The molecule has 0 saturated carbocycles. The van der Waals surface area contributed by atoms with Crippen LogP contribution >= 0.6 is 11.3 Å². The first-order chi connectivity index (χ1) is 15.3. The molecule has 0 fully saturated rings. The number of carboxylic acids is 2. The molecule has 32 heavy (non-hydrogen) atoms. The van der Waals surface area contributed by atoms with Crippen LogP contribution in [-0.2, 0) is 9.59 Å². The third-order valence-corrected chi connectivity index (χ3v) is 5.22. The van der Waals surface area contributed by atoms with Crippen LogP contribution in [0.2, 0.25) is 0 Å². The number of hydrogen-bond donors (Lipinski definition) is 3. The highest BCUT2D eigenvalue weighted by atomic mass is 32.1. The van der Waals surface area contributed by atoms with Gasteiger partial charge in [-0.1, -0.05) is 30.3 Å². The minimum atomic E-state index is -1.26. The van der Waals surface area contributed by atoms with Crippen LogP contribution in [0.4, 0.5) is 4.39 Å². The van der Waals surface area contributed by atoms with Gasteiger partial charge < -0.3 is 20.3 Å². The van der Waals surface area contributed by atoms with Gasteiger partial charge in [0.1, 0.15) is 28.6 Å². The van der Waals surface area contributed by atoms with Gasteiger partial charge in [-0.15, -0.1) is 11.3 Å². The highest BCUT2D eigenvalue weighted by Gasteiger charge is 2.17. The van der Waals surface area contributed by atoms with Crippen molar-refractivity contribution in [3.05, 3.63) is 76.9 Å². The second-order valence-corrected chi connectivity index (χ2v) is 7.48. The predicted molar refractivity (Wildman–Crippen MR) is 119 cm³/mol. The molecular formula is C23H21FN2O5S. The van der Waals surface area contributed by atoms with Crippen molar-refractivity contribution < 1.29 is 28.9 Å². The van der Waals surface area contributed by atoms with Crippen LogP contribution in [0.25, 0.3) is 10.1 Å². The largest absolute Gasteiger partial charge is 0.484 e. The fourth-order valence-electron chi connectivity index (χ4n) is 2.75. The minimum Gasteiger partial charge on any atom is -0.484 e. The third kappa shape index (κ3) is 7.19. The van der Waals surface area contributed by atoms with Gasteiger partial charge in [0.25, 0.3) is 0 Å². The van der Waals surface area contributed by atoms with Crippen LogP contribution in [0.15, 0.2) is 60.7 Å². The number of thiophene rings is 1. The summed E-state index contributed by atoms with van der Waals surface area (Å²) in [4.78, 5) is 19.6. The maximum absolute atomic E-state index is 14.0. The monoisotopic (exact) mass is 456 g/mol. The van der Waals surface area contributed by atoms with Crippen molar-refractivity contribution in [3.8, 4) is 11.8 Å². The second kappa shape index (κ2) is 12.2. The molecule has 3 rings (SSSR count). The highest BCUT2D eigenvalue weighted by molar-refractivity contribution is 7.19. The number of fused-ring (bicyclic) bond motifs is 1. The van der Waals surface area contributed by atoms with E-state index in [0.717, 1.165) is 18.5 Å². The minimum absolute atomic E-state index is 0.139. The van der Waals surface area contributed by atoms with E-state index in [4.69, 9.17) is 20.2 Å². The smallest absolute Gasteiger partial charge is 0.328 e. The number of nitriles is 1. The molecule has 9 heteroatoms. The molecular weight excluding hydrogens is 435 g/mol. The number of benzene rings is 2. The summed E-state index contributed by atoms with van der Waals surface area (Å²) in [5, 5.41) is 28.3. The maximum Gasteiger partial charge on any atom is 0.328 e. The summed E-state index contributed by atoms with van der Waals surface area (Å²) in [5.74, 6) is -2.23. The SMILES string of the molecule is CNCC[C@@H](Oc1ccc(F)c2cc(C#N)sc12)c1ccccc1.O=C(O)/C=C/C(=O)O. The van der Waals surface area contributed by atoms with Crippen LogP contribution in [-0.4, -0.2) is 35.7 Å². The van der Waals surface area contributed by atoms with Crippen LogP contribution in [0, 0.1) is 17.1 Å². The van der Waals surface area contributed by atoms with Crippen LogP contribution < -0.4 is 10.1 Å². The lowest BCUT2D eigenvalue weighted by molar-refractivity contribution is -0.134. The molecule has 0 spiro atoms. The van der Waals surface area contributed by atoms with Crippen LogP contribution in [0.5, 0.6) is 5.75 Å². The van der Waals surface area contributed by atoms with Gasteiger partial charge in [0, 0.05) is 24.0 Å². The summed E-state index contributed by atoms with van der Waals surface area (Å²) in [7, 11) is 1.90. The summed E-state index contributed by atoms with van der Waals surface area (Å²) in [6, 6.07) is 16.7. The molecule has 166 valence electrons. The van der Waals surface area contributed by atoms with Crippen molar-refractivity contribution >= 4 is 33.4 Å². The van der Waals surface area contributed by atoms with Gasteiger partial charge in [-0.2, -0.15) is 5.26 Å². The Bertz CT molecular complexity index is 1120. The zero-order chi connectivity index (χ0) is 23.5. The number of rotatable bonds is 8. The second-order valence-electron chi connectivity index (χ2n) is 6.43. The van der Waals surface area contributed by atoms with E-state index in [2.05, 4.69) is 11.4 Å². The first-order valence-corrected chi connectivity index (χ1v) is 10.3. The van der Waals surface area contributed by atoms with Crippen molar-refractivity contribution in [2.45, 2.75) is 12.5 Å². The van der Waals surface area contributed by atoms with E-state index in [0.29, 0.717) is 32.9 Å². The van der Waals surface area contributed by atoms with Gasteiger partial charge in [-0.25, -0.2) is 14.0 Å². The Labute approximate surface area is 188 Å². The van der Waals surface area contributed by atoms with Gasteiger partial charge >= 0.3 is 11.9 Å². The average molecular weight is 456 g/mol. The normalized spacial score (nSPS) is 11.4. The maximum atomic E-state index is 14.0. The highest BCUT2D eigenvalue weighted by Crippen LogP contribution is 2.37. The Balaban J connectivity index is 0.000000390. The van der Waals surface area contributed by atoms with Crippen molar-refractivity contribution in [3.63, 3.8) is 0 Å². The zero-order valence-electron chi connectivity index (χ0n) is 17.1. The molecule has 0 aliphatic carbocycles. The lowest BCUT2D eigenvalue weighted by Crippen LogP contribution is -2.16. The van der Waals surface area contributed by atoms with Crippen molar-refractivity contribution in [2.75, 3.05) is 13.6 Å². The molecule has 1 aromatic heterocycles. The first-order valence-electron chi connectivity index (χ1n) is 9.48. The van der Waals surface area contributed by atoms with Crippen molar-refractivity contribution in [2.24, 2.45) is 0 Å². The van der Waals surface area contributed by atoms with Gasteiger partial charge in [0.15, 0.2) is 0 Å². The molecule has 0 radical (unpaired) electrons. The lowest BCUT2D eigenvalue weighted by Gasteiger charge is -2.20. The number of aliphatic carboxylic acids is 2. The van der Waals surface area contributed by atoms with E-state index in [1.54, 1.807) is 12.1 Å². The van der Waals surface area contributed by atoms with E-state index in [-0.39, 0.29) is 11.9 Å². The Morgan fingerprint density at radius 1 is 1.19 bits per heavy atom. The fraction of sp³-hybridized carbons (Fsp3) is 0.174. The number of carbonyl (C=O) groups is 2. The molecule has 0 aliphatic heterocycles. The van der Waals surface area contributed by atoms with E-state index >= 15 is 0 Å². The first kappa shape index (κ1) is 24.5. The van der Waals surface area contributed by atoms with E-state index in [1.807, 2.05) is 37.4 Å². The summed E-state index contributed by atoms with van der Waals surface area (Å²) < 4.78 is 20.9. The van der Waals surface area contributed by atoms with Crippen molar-refractivity contribution in [1.82, 2.24) is 5.32 Å². The number of ether oxygens (including phenoxy) is 1. The molecule has 0 aliphatic rings. The summed E-state index contributed by atoms with van der Waals surface area (Å²) in [6.07, 6.45) is 1.76. The molecule has 3 N–H and O–H groups in total. The quantitative estimate of drug-likeness (QED) is 0.431. The van der Waals surface area contributed by atoms with E-state index in [9.17, 15) is 14.0 Å². The van der Waals surface area contributed by atoms with Gasteiger partial charge in [-0.3, -0.25) is 0 Å². The van der Waals surface area contributed by atoms with E-state index < -0.39 is 11.9 Å². The molecule has 1 atom stereocenters. The fourth-order valence-corrected chi connectivity index (χ4v) is 3.67. The predicted octanol–water partition coefficient (Wildman–Crippen LogP) is 4.35. The van der Waals surface area contributed by atoms with Gasteiger partial charge in [0.2, 0.25) is 0 Å². The number of halogens is 1. The number of nitrogens with zero attached hydrogens (tertiary/aromatic N) is 1.